The summed E-state index contributed by atoms with van der Waals surface area (Å²) in [6, 6.07) is 18.3. The van der Waals surface area contributed by atoms with Gasteiger partial charge in [0.25, 0.3) is 11.6 Å². The minimum atomic E-state index is -0.483. The van der Waals surface area contributed by atoms with Crippen LogP contribution in [-0.2, 0) is 11.4 Å². The number of nitro benzene ring substituents is 1. The summed E-state index contributed by atoms with van der Waals surface area (Å²) in [5, 5.41) is 15.9. The van der Waals surface area contributed by atoms with Crippen molar-refractivity contribution in [2.75, 3.05) is 0 Å². The van der Waals surface area contributed by atoms with E-state index in [4.69, 9.17) is 17.0 Å². The molecule has 1 amide bonds. The Morgan fingerprint density at radius 1 is 1.14 bits per heavy atom. The van der Waals surface area contributed by atoms with Gasteiger partial charge in [-0.1, -0.05) is 66.4 Å². The summed E-state index contributed by atoms with van der Waals surface area (Å²) in [5.41, 5.74) is 1.36. The van der Waals surface area contributed by atoms with E-state index in [1.54, 1.807) is 12.1 Å². The number of carbonyl (C=O) groups excluding carboxylic acids is 1. The van der Waals surface area contributed by atoms with Gasteiger partial charge in [-0.05, 0) is 28.5 Å². The molecule has 1 fully saturated rings. The first-order chi connectivity index (χ1) is 14.0. The van der Waals surface area contributed by atoms with Gasteiger partial charge >= 0.3 is 0 Å². The number of carbonyl (C=O) groups is 1. The second kappa shape index (κ2) is 8.02. The monoisotopic (exact) mass is 422 g/mol. The number of amides is 1. The molecule has 0 aliphatic carbocycles. The van der Waals surface area contributed by atoms with Gasteiger partial charge in [-0.15, -0.1) is 0 Å². The van der Waals surface area contributed by atoms with Crippen LogP contribution in [0.25, 0.3) is 16.8 Å². The van der Waals surface area contributed by atoms with Crippen LogP contribution >= 0.6 is 24.0 Å². The van der Waals surface area contributed by atoms with Gasteiger partial charge < -0.3 is 10.1 Å². The summed E-state index contributed by atoms with van der Waals surface area (Å²) in [4.78, 5) is 23.0. The number of nitrogens with one attached hydrogen (secondary N) is 1. The number of non-ortho nitro benzene ring substituents is 1. The van der Waals surface area contributed by atoms with Crippen molar-refractivity contribution in [1.29, 1.82) is 0 Å². The van der Waals surface area contributed by atoms with Crippen LogP contribution in [0.1, 0.15) is 11.1 Å². The highest BCUT2D eigenvalue weighted by molar-refractivity contribution is 8.26. The fourth-order valence-corrected chi connectivity index (χ4v) is 4.06. The van der Waals surface area contributed by atoms with Crippen molar-refractivity contribution >= 4 is 56.7 Å². The molecular formula is C21H14N2O4S2. The topological polar surface area (TPSA) is 81.5 Å². The first-order valence-corrected chi connectivity index (χ1v) is 9.86. The third kappa shape index (κ3) is 4.13. The number of nitro groups is 1. The van der Waals surface area contributed by atoms with Crippen LogP contribution in [0.15, 0.2) is 65.6 Å². The van der Waals surface area contributed by atoms with Gasteiger partial charge in [0.1, 0.15) is 16.7 Å². The summed E-state index contributed by atoms with van der Waals surface area (Å²) in [6.07, 6.45) is 1.56. The average molecular weight is 422 g/mol. The number of rotatable bonds is 5. The highest BCUT2D eigenvalue weighted by atomic mass is 32.2. The number of benzene rings is 3. The maximum absolute atomic E-state index is 12.0. The first-order valence-electron chi connectivity index (χ1n) is 8.64. The van der Waals surface area contributed by atoms with E-state index >= 15 is 0 Å². The fraction of sp³-hybridized carbons (Fsp3) is 0.0476. The average Bonchev–Trinajstić information content (AvgIpc) is 3.03. The van der Waals surface area contributed by atoms with E-state index in [0.29, 0.717) is 20.5 Å². The van der Waals surface area contributed by atoms with Crippen LogP contribution in [0.3, 0.4) is 0 Å². The Bertz CT molecular complexity index is 1190. The SMILES string of the molecule is O=C1NC(=S)S/C1=C/c1cc([N+](=O)[O-])ccc1OCc1cccc2ccccc12. The highest BCUT2D eigenvalue weighted by Crippen LogP contribution is 2.32. The summed E-state index contributed by atoms with van der Waals surface area (Å²) in [5.74, 6) is 0.119. The van der Waals surface area contributed by atoms with Crippen molar-refractivity contribution in [3.63, 3.8) is 0 Å². The lowest BCUT2D eigenvalue weighted by molar-refractivity contribution is -0.384. The molecule has 1 saturated heterocycles. The molecule has 0 atom stereocenters. The van der Waals surface area contributed by atoms with E-state index in [1.807, 2.05) is 42.5 Å². The largest absolute Gasteiger partial charge is 0.488 e. The van der Waals surface area contributed by atoms with Gasteiger partial charge in [-0.25, -0.2) is 0 Å². The minimum absolute atomic E-state index is 0.0830. The summed E-state index contributed by atoms with van der Waals surface area (Å²) >= 11 is 6.11. The zero-order chi connectivity index (χ0) is 20.4. The van der Waals surface area contributed by atoms with E-state index in [1.165, 1.54) is 12.1 Å². The summed E-state index contributed by atoms with van der Waals surface area (Å²) in [7, 11) is 0. The molecule has 1 N–H and O–H groups in total. The van der Waals surface area contributed by atoms with Crippen molar-refractivity contribution in [3.8, 4) is 5.75 Å². The predicted molar refractivity (Wildman–Crippen MR) is 118 cm³/mol. The minimum Gasteiger partial charge on any atom is -0.488 e. The van der Waals surface area contributed by atoms with Crippen LogP contribution < -0.4 is 10.1 Å². The molecule has 3 aromatic carbocycles. The second-order valence-corrected chi connectivity index (χ2v) is 7.98. The zero-order valence-corrected chi connectivity index (χ0v) is 16.6. The molecule has 29 heavy (non-hydrogen) atoms. The Morgan fingerprint density at radius 2 is 1.93 bits per heavy atom. The molecule has 1 aliphatic rings. The predicted octanol–water partition coefficient (Wildman–Crippen LogP) is 4.82. The van der Waals surface area contributed by atoms with Gasteiger partial charge in [-0.3, -0.25) is 14.9 Å². The van der Waals surface area contributed by atoms with E-state index in [2.05, 4.69) is 5.32 Å². The molecule has 0 bridgehead atoms. The third-order valence-electron chi connectivity index (χ3n) is 4.40. The van der Waals surface area contributed by atoms with Gasteiger partial charge in [0.05, 0.1) is 9.83 Å². The Balaban J connectivity index is 1.68. The lowest BCUT2D eigenvalue weighted by atomic mass is 10.1. The molecule has 0 unspecified atom stereocenters. The van der Waals surface area contributed by atoms with E-state index in [9.17, 15) is 14.9 Å². The molecular weight excluding hydrogens is 408 g/mol. The van der Waals surface area contributed by atoms with Gasteiger partial charge in [-0.2, -0.15) is 0 Å². The van der Waals surface area contributed by atoms with E-state index in [0.717, 1.165) is 28.1 Å². The maximum atomic E-state index is 12.0. The molecule has 1 aliphatic heterocycles. The standard InChI is InChI=1S/C21H14N2O4S2/c24-20-19(29-21(28)22-20)11-15-10-16(23(25)26)8-9-18(15)27-12-14-6-3-5-13-4-1-2-7-17(13)14/h1-11H,12H2,(H,22,24,28)/b19-11+. The number of fused-ring (bicyclic) bond motifs is 1. The van der Waals surface area contributed by atoms with Crippen molar-refractivity contribution in [1.82, 2.24) is 5.32 Å². The van der Waals surface area contributed by atoms with E-state index < -0.39 is 4.92 Å². The first kappa shape index (κ1) is 19.1. The van der Waals surface area contributed by atoms with Crippen molar-refractivity contribution in [2.24, 2.45) is 0 Å². The summed E-state index contributed by atoms with van der Waals surface area (Å²) < 4.78 is 6.35. The molecule has 8 heteroatoms. The van der Waals surface area contributed by atoms with Crippen molar-refractivity contribution < 1.29 is 14.5 Å². The van der Waals surface area contributed by atoms with Gasteiger partial charge in [0.15, 0.2) is 0 Å². The van der Waals surface area contributed by atoms with Gasteiger partial charge in [0.2, 0.25) is 0 Å². The lowest BCUT2D eigenvalue weighted by Crippen LogP contribution is -2.17. The van der Waals surface area contributed by atoms with Gasteiger partial charge in [0, 0.05) is 17.7 Å². The fourth-order valence-electron chi connectivity index (χ4n) is 3.03. The Kier molecular flexibility index (Phi) is 5.28. The molecule has 0 spiro atoms. The van der Waals surface area contributed by atoms with Crippen LogP contribution in [0, 0.1) is 10.1 Å². The van der Waals surface area contributed by atoms with Crippen molar-refractivity contribution in [2.45, 2.75) is 6.61 Å². The van der Waals surface area contributed by atoms with Crippen LogP contribution in [0.5, 0.6) is 5.75 Å². The maximum Gasteiger partial charge on any atom is 0.270 e. The Morgan fingerprint density at radius 3 is 2.69 bits per heavy atom. The molecule has 4 rings (SSSR count). The number of thiocarbonyl (C=S) groups is 1. The van der Waals surface area contributed by atoms with Crippen molar-refractivity contribution in [3.05, 3.63) is 86.8 Å². The Labute approximate surface area is 175 Å². The van der Waals surface area contributed by atoms with Crippen LogP contribution in [0.2, 0.25) is 0 Å². The number of ether oxygens (including phenoxy) is 1. The summed E-state index contributed by atoms with van der Waals surface area (Å²) in [6.45, 7) is 0.285. The number of hydrogen-bond donors (Lipinski definition) is 1. The van der Waals surface area contributed by atoms with E-state index in [-0.39, 0.29) is 18.2 Å². The lowest BCUT2D eigenvalue weighted by Gasteiger charge is -2.11. The second-order valence-electron chi connectivity index (χ2n) is 6.26. The smallest absolute Gasteiger partial charge is 0.270 e. The van der Waals surface area contributed by atoms with Crippen LogP contribution in [-0.4, -0.2) is 15.2 Å². The number of hydrogen-bond acceptors (Lipinski definition) is 6. The zero-order valence-electron chi connectivity index (χ0n) is 15.0. The molecule has 144 valence electrons. The Hall–Kier alpha value is -3.23. The molecule has 6 nitrogen and oxygen atoms in total. The van der Waals surface area contributed by atoms with Crippen LogP contribution in [0.4, 0.5) is 5.69 Å². The molecule has 0 saturated carbocycles. The molecule has 3 aromatic rings. The number of thioether (sulfide) groups is 1. The highest BCUT2D eigenvalue weighted by Gasteiger charge is 2.23. The molecule has 1 heterocycles. The third-order valence-corrected chi connectivity index (χ3v) is 5.56. The quantitative estimate of drug-likeness (QED) is 0.275. The number of nitrogens with zero attached hydrogens (tertiary/aromatic N) is 1. The molecule has 0 radical (unpaired) electrons. The normalized spacial score (nSPS) is 15.0. The molecule has 0 aromatic heterocycles.